The van der Waals surface area contributed by atoms with E-state index < -0.39 is 0 Å². The highest BCUT2D eigenvalue weighted by molar-refractivity contribution is 7.15. The zero-order chi connectivity index (χ0) is 14.3. The first-order valence-electron chi connectivity index (χ1n) is 6.09. The van der Waals surface area contributed by atoms with Crippen LogP contribution >= 0.6 is 11.3 Å². The third-order valence-corrected chi connectivity index (χ3v) is 4.04. The number of phenolic OH excluding ortho intramolecular Hbond substituents is 1. The minimum Gasteiger partial charge on any atom is -0.508 e. The fourth-order valence-electron chi connectivity index (χ4n) is 1.98. The summed E-state index contributed by atoms with van der Waals surface area (Å²) in [5.74, 6) is -0.0762. The number of hydrogen-bond acceptors (Lipinski definition) is 4. The van der Waals surface area contributed by atoms with Gasteiger partial charge in [-0.3, -0.25) is 9.20 Å². The van der Waals surface area contributed by atoms with Crippen LogP contribution in [0.25, 0.3) is 4.96 Å². The van der Waals surface area contributed by atoms with Crippen molar-refractivity contribution in [3.63, 3.8) is 0 Å². The largest absolute Gasteiger partial charge is 0.508 e. The van der Waals surface area contributed by atoms with Crippen molar-refractivity contribution in [3.05, 3.63) is 46.7 Å². The molecule has 0 spiro atoms. The van der Waals surface area contributed by atoms with E-state index in [0.29, 0.717) is 11.4 Å². The van der Waals surface area contributed by atoms with Crippen molar-refractivity contribution in [1.82, 2.24) is 9.38 Å². The molecule has 1 amide bonds. The molecule has 1 aromatic carbocycles. The number of nitrogens with zero attached hydrogens (tertiary/aromatic N) is 2. The number of carbonyl (C=O) groups is 1. The summed E-state index contributed by atoms with van der Waals surface area (Å²) >= 11 is 1.50. The third-order valence-electron chi connectivity index (χ3n) is 3.08. The molecule has 0 unspecified atom stereocenters. The Kier molecular flexibility index (Phi) is 2.94. The van der Waals surface area contributed by atoms with E-state index in [0.717, 1.165) is 16.2 Å². The number of rotatable bonds is 2. The van der Waals surface area contributed by atoms with Gasteiger partial charge in [0, 0.05) is 23.0 Å². The number of nitrogens with one attached hydrogen (secondary N) is 1. The van der Waals surface area contributed by atoms with E-state index in [1.54, 1.807) is 24.4 Å². The Balaban J connectivity index is 1.88. The van der Waals surface area contributed by atoms with Crippen molar-refractivity contribution in [2.24, 2.45) is 0 Å². The Morgan fingerprint density at radius 1 is 1.40 bits per heavy atom. The zero-order valence-corrected chi connectivity index (χ0v) is 11.9. The first-order valence-corrected chi connectivity index (χ1v) is 6.97. The van der Waals surface area contributed by atoms with E-state index in [2.05, 4.69) is 10.3 Å². The van der Waals surface area contributed by atoms with Gasteiger partial charge in [-0.05, 0) is 37.6 Å². The molecule has 0 aliphatic heterocycles. The van der Waals surface area contributed by atoms with Crippen molar-refractivity contribution in [2.45, 2.75) is 13.8 Å². The maximum atomic E-state index is 12.2. The Morgan fingerprint density at radius 3 is 2.90 bits per heavy atom. The molecule has 20 heavy (non-hydrogen) atoms. The molecule has 5 nitrogen and oxygen atoms in total. The summed E-state index contributed by atoms with van der Waals surface area (Å²) in [6, 6.07) is 4.82. The molecule has 0 radical (unpaired) electrons. The van der Waals surface area contributed by atoms with Gasteiger partial charge in [-0.2, -0.15) is 0 Å². The first kappa shape index (κ1) is 12.7. The Morgan fingerprint density at radius 2 is 2.20 bits per heavy atom. The van der Waals surface area contributed by atoms with Crippen molar-refractivity contribution < 1.29 is 9.90 Å². The van der Waals surface area contributed by atoms with E-state index in [1.807, 2.05) is 23.6 Å². The average Bonchev–Trinajstić information content (AvgIpc) is 2.96. The van der Waals surface area contributed by atoms with Crippen LogP contribution in [0.5, 0.6) is 5.75 Å². The number of imidazole rings is 1. The molecule has 0 bridgehead atoms. The number of phenols is 1. The highest BCUT2D eigenvalue weighted by Crippen LogP contribution is 2.21. The minimum atomic E-state index is -0.255. The zero-order valence-electron chi connectivity index (χ0n) is 11.0. The number of benzene rings is 1. The highest BCUT2D eigenvalue weighted by atomic mass is 32.1. The van der Waals surface area contributed by atoms with Gasteiger partial charge in [0.1, 0.15) is 11.4 Å². The van der Waals surface area contributed by atoms with Gasteiger partial charge >= 0.3 is 0 Å². The summed E-state index contributed by atoms with van der Waals surface area (Å²) in [6.45, 7) is 3.79. The molecule has 0 aliphatic carbocycles. The Bertz CT molecular complexity index is 804. The topological polar surface area (TPSA) is 66.6 Å². The molecule has 6 heteroatoms. The van der Waals surface area contributed by atoms with Gasteiger partial charge in [0.15, 0.2) is 4.96 Å². The molecule has 102 valence electrons. The molecule has 0 aliphatic rings. The van der Waals surface area contributed by atoms with E-state index in [-0.39, 0.29) is 11.7 Å². The molecule has 2 heterocycles. The third kappa shape index (κ3) is 2.14. The normalized spacial score (nSPS) is 10.9. The van der Waals surface area contributed by atoms with Crippen LogP contribution in [0, 0.1) is 13.8 Å². The molecule has 0 fully saturated rings. The van der Waals surface area contributed by atoms with Crippen LogP contribution in [-0.4, -0.2) is 20.4 Å². The lowest BCUT2D eigenvalue weighted by Gasteiger charge is -2.07. The first-order chi connectivity index (χ1) is 9.54. The summed E-state index contributed by atoms with van der Waals surface area (Å²) in [4.78, 5) is 17.3. The van der Waals surface area contributed by atoms with Crippen LogP contribution < -0.4 is 5.32 Å². The molecule has 0 atom stereocenters. The standard InChI is InChI=1S/C14H13N3O2S/c1-8-5-10(18)3-4-11(8)15-13(19)12-6-17-9(2)7-20-14(17)16-12/h3-7,18H,1-2H3,(H,15,19). The second kappa shape index (κ2) is 4.64. The number of amides is 1. The maximum absolute atomic E-state index is 12.2. The second-order valence-corrected chi connectivity index (χ2v) is 5.45. The molecule has 3 rings (SSSR count). The average molecular weight is 287 g/mol. The molecule has 0 saturated carbocycles. The lowest BCUT2D eigenvalue weighted by atomic mass is 10.2. The highest BCUT2D eigenvalue weighted by Gasteiger charge is 2.13. The number of hydrogen-bond donors (Lipinski definition) is 2. The maximum Gasteiger partial charge on any atom is 0.275 e. The minimum absolute atomic E-state index is 0.179. The number of aryl methyl sites for hydroxylation is 2. The number of fused-ring (bicyclic) bond motifs is 1. The summed E-state index contributed by atoms with van der Waals surface area (Å²) in [5.41, 5.74) is 2.90. The van der Waals surface area contributed by atoms with Gasteiger partial charge in [0.05, 0.1) is 0 Å². The lowest BCUT2D eigenvalue weighted by molar-refractivity contribution is 0.102. The van der Waals surface area contributed by atoms with Gasteiger partial charge in [-0.25, -0.2) is 4.98 Å². The summed E-state index contributed by atoms with van der Waals surface area (Å²) < 4.78 is 1.89. The number of carbonyl (C=O) groups excluding carboxylic acids is 1. The number of thiazole rings is 1. The second-order valence-electron chi connectivity index (χ2n) is 4.61. The summed E-state index contributed by atoms with van der Waals surface area (Å²) in [7, 11) is 0. The van der Waals surface area contributed by atoms with E-state index >= 15 is 0 Å². The fourth-order valence-corrected chi connectivity index (χ4v) is 2.83. The van der Waals surface area contributed by atoms with E-state index in [4.69, 9.17) is 0 Å². The van der Waals surface area contributed by atoms with Gasteiger partial charge in [0.2, 0.25) is 0 Å². The van der Waals surface area contributed by atoms with Crippen LogP contribution in [-0.2, 0) is 0 Å². The molecular formula is C14H13N3O2S. The van der Waals surface area contributed by atoms with Crippen LogP contribution in [0.3, 0.4) is 0 Å². The molecule has 3 aromatic rings. The van der Waals surface area contributed by atoms with Crippen LogP contribution in [0.2, 0.25) is 0 Å². The SMILES string of the molecule is Cc1cc(O)ccc1NC(=O)c1cn2c(C)csc2n1. The van der Waals surface area contributed by atoms with Crippen LogP contribution in [0.15, 0.2) is 29.8 Å². The van der Waals surface area contributed by atoms with E-state index in [9.17, 15) is 9.90 Å². The summed E-state index contributed by atoms with van der Waals surface area (Å²) in [6.07, 6.45) is 1.73. The predicted octanol–water partition coefficient (Wildman–Crippen LogP) is 2.97. The smallest absolute Gasteiger partial charge is 0.275 e. The van der Waals surface area contributed by atoms with Crippen LogP contribution in [0.1, 0.15) is 21.7 Å². The Hall–Kier alpha value is -2.34. The quantitative estimate of drug-likeness (QED) is 0.712. The lowest BCUT2D eigenvalue weighted by Crippen LogP contribution is -2.13. The van der Waals surface area contributed by atoms with Gasteiger partial charge in [0.25, 0.3) is 5.91 Å². The van der Waals surface area contributed by atoms with Crippen molar-refractivity contribution in [1.29, 1.82) is 0 Å². The van der Waals surface area contributed by atoms with E-state index in [1.165, 1.54) is 11.3 Å². The number of aromatic hydroxyl groups is 1. The molecule has 0 saturated heterocycles. The van der Waals surface area contributed by atoms with Crippen molar-refractivity contribution >= 4 is 27.9 Å². The monoisotopic (exact) mass is 287 g/mol. The fraction of sp³-hybridized carbons (Fsp3) is 0.143. The number of anilines is 1. The van der Waals surface area contributed by atoms with Gasteiger partial charge in [-0.15, -0.1) is 11.3 Å². The van der Waals surface area contributed by atoms with Crippen LogP contribution in [0.4, 0.5) is 5.69 Å². The Labute approximate surface area is 119 Å². The van der Waals surface area contributed by atoms with Gasteiger partial charge in [-0.1, -0.05) is 0 Å². The molecule has 2 N–H and O–H groups in total. The number of aromatic nitrogens is 2. The summed E-state index contributed by atoms with van der Waals surface area (Å²) in [5, 5.41) is 14.2. The van der Waals surface area contributed by atoms with Crippen molar-refractivity contribution in [2.75, 3.05) is 5.32 Å². The molecule has 2 aromatic heterocycles. The van der Waals surface area contributed by atoms with Gasteiger partial charge < -0.3 is 10.4 Å². The van der Waals surface area contributed by atoms with Crippen molar-refractivity contribution in [3.8, 4) is 5.75 Å². The predicted molar refractivity (Wildman–Crippen MR) is 78.6 cm³/mol. The molecular weight excluding hydrogens is 274 g/mol.